The number of benzene rings is 3. The van der Waals surface area contributed by atoms with Crippen LogP contribution in [0.1, 0.15) is 45.6 Å². The summed E-state index contributed by atoms with van der Waals surface area (Å²) < 4.78 is 15.7. The third kappa shape index (κ3) is 5.11. The Labute approximate surface area is 221 Å². The number of rotatable bonds is 8. The number of aliphatic hydroxyl groups is 1. The highest BCUT2D eigenvalue weighted by Crippen LogP contribution is 2.42. The monoisotopic (exact) mass is 515 g/mol. The molecule has 4 rings (SSSR count). The summed E-state index contributed by atoms with van der Waals surface area (Å²) in [6, 6.07) is 18.1. The van der Waals surface area contributed by atoms with Crippen molar-refractivity contribution in [2.75, 3.05) is 20.8 Å². The van der Waals surface area contributed by atoms with Crippen LogP contribution in [0.25, 0.3) is 5.76 Å². The van der Waals surface area contributed by atoms with Crippen molar-refractivity contribution >= 4 is 23.4 Å². The maximum absolute atomic E-state index is 13.4. The minimum absolute atomic E-state index is 0.0350. The Morgan fingerprint density at radius 2 is 1.71 bits per heavy atom. The predicted octanol–water partition coefficient (Wildman–Crippen LogP) is 4.81. The minimum atomic E-state index is -0.841. The van der Waals surface area contributed by atoms with Crippen LogP contribution in [0.5, 0.6) is 11.5 Å². The summed E-state index contributed by atoms with van der Waals surface area (Å²) in [6.07, 6.45) is 0. The molecule has 196 valence electrons. The zero-order chi connectivity index (χ0) is 27.4. The minimum Gasteiger partial charge on any atom is -0.507 e. The summed E-state index contributed by atoms with van der Waals surface area (Å²) in [5.74, 6) is -1.50. The topological polar surface area (TPSA) is 102 Å². The molecule has 8 nitrogen and oxygen atoms in total. The van der Waals surface area contributed by atoms with Gasteiger partial charge in [0.15, 0.2) is 0 Å². The molecule has 1 saturated heterocycles. The summed E-state index contributed by atoms with van der Waals surface area (Å²) >= 11 is 0. The second kappa shape index (κ2) is 11.2. The fraction of sp³-hybridized carbons (Fsp3) is 0.233. The van der Waals surface area contributed by atoms with Gasteiger partial charge in [0.25, 0.3) is 11.7 Å². The molecular weight excluding hydrogens is 486 g/mol. The van der Waals surface area contributed by atoms with E-state index >= 15 is 0 Å². The number of ether oxygens (including phenoxy) is 3. The van der Waals surface area contributed by atoms with Crippen molar-refractivity contribution in [2.45, 2.75) is 26.4 Å². The van der Waals surface area contributed by atoms with Crippen LogP contribution < -0.4 is 9.47 Å². The van der Waals surface area contributed by atoms with E-state index in [4.69, 9.17) is 14.2 Å². The van der Waals surface area contributed by atoms with Crippen LogP contribution in [0.3, 0.4) is 0 Å². The molecule has 0 radical (unpaired) electrons. The predicted molar refractivity (Wildman–Crippen MR) is 141 cm³/mol. The average molecular weight is 516 g/mol. The Bertz CT molecular complexity index is 1410. The third-order valence-corrected chi connectivity index (χ3v) is 6.38. The Morgan fingerprint density at radius 3 is 2.34 bits per heavy atom. The normalized spacial score (nSPS) is 16.4. The first-order chi connectivity index (χ1) is 18.3. The van der Waals surface area contributed by atoms with Crippen molar-refractivity contribution in [2.24, 2.45) is 0 Å². The molecule has 0 spiro atoms. The number of methoxy groups -OCH3 is 2. The standard InChI is InChI=1S/C30H29NO7/c1-5-38-30(35)20-11-9-19(10-12-20)17-31-26(21-8-6-7-18(2)15-21)25(28(33)29(31)34)27(32)23-14-13-22(36-3)16-24(23)37-4/h6-16,26,32H,5,17H2,1-4H3/b27-25-. The van der Waals surface area contributed by atoms with Gasteiger partial charge in [-0.15, -0.1) is 0 Å². The van der Waals surface area contributed by atoms with Crippen molar-refractivity contribution in [3.05, 3.63) is 100 Å². The molecule has 1 N–H and O–H groups in total. The van der Waals surface area contributed by atoms with Gasteiger partial charge in [0, 0.05) is 12.6 Å². The van der Waals surface area contributed by atoms with Crippen LogP contribution in [0.15, 0.2) is 72.3 Å². The lowest BCUT2D eigenvalue weighted by molar-refractivity contribution is -0.140. The van der Waals surface area contributed by atoms with Crippen LogP contribution in [-0.2, 0) is 20.9 Å². The number of esters is 1. The molecule has 0 bridgehead atoms. The first-order valence-electron chi connectivity index (χ1n) is 12.1. The van der Waals surface area contributed by atoms with Gasteiger partial charge in [0.2, 0.25) is 0 Å². The molecule has 1 aliphatic rings. The van der Waals surface area contributed by atoms with E-state index in [0.29, 0.717) is 28.2 Å². The molecule has 1 heterocycles. The number of amides is 1. The lowest BCUT2D eigenvalue weighted by atomic mass is 9.94. The molecule has 1 fully saturated rings. The van der Waals surface area contributed by atoms with Gasteiger partial charge in [-0.2, -0.15) is 0 Å². The van der Waals surface area contributed by atoms with E-state index in [1.54, 1.807) is 49.4 Å². The summed E-state index contributed by atoms with van der Waals surface area (Å²) in [7, 11) is 2.96. The van der Waals surface area contributed by atoms with Crippen molar-refractivity contribution in [1.29, 1.82) is 0 Å². The molecular formula is C30H29NO7. The molecule has 0 aliphatic carbocycles. The second-order valence-electron chi connectivity index (χ2n) is 8.82. The summed E-state index contributed by atoms with van der Waals surface area (Å²) in [5.41, 5.74) is 2.95. The fourth-order valence-electron chi connectivity index (χ4n) is 4.53. The third-order valence-electron chi connectivity index (χ3n) is 6.38. The number of hydrogen-bond acceptors (Lipinski definition) is 7. The Kier molecular flexibility index (Phi) is 7.81. The molecule has 3 aromatic rings. The van der Waals surface area contributed by atoms with Crippen LogP contribution in [0.4, 0.5) is 0 Å². The number of Topliss-reactive ketones (excluding diaryl/α,β-unsaturated/α-hetero) is 1. The lowest BCUT2D eigenvalue weighted by Gasteiger charge is -2.26. The van der Waals surface area contributed by atoms with Gasteiger partial charge in [-0.25, -0.2) is 4.79 Å². The Hall–Kier alpha value is -4.59. The SMILES string of the molecule is CCOC(=O)c1ccc(CN2C(=O)C(=O)/C(=C(\O)c3ccc(OC)cc3OC)C2c2cccc(C)c2)cc1. The molecule has 8 heteroatoms. The summed E-state index contributed by atoms with van der Waals surface area (Å²) in [6.45, 7) is 4.00. The highest BCUT2D eigenvalue weighted by atomic mass is 16.5. The van der Waals surface area contributed by atoms with Gasteiger partial charge >= 0.3 is 5.97 Å². The molecule has 1 amide bonds. The van der Waals surface area contributed by atoms with Crippen molar-refractivity contribution < 1.29 is 33.7 Å². The van der Waals surface area contributed by atoms with Gasteiger partial charge in [0.1, 0.15) is 17.3 Å². The number of aliphatic hydroxyl groups excluding tert-OH is 1. The van der Waals surface area contributed by atoms with E-state index in [9.17, 15) is 19.5 Å². The highest BCUT2D eigenvalue weighted by molar-refractivity contribution is 6.46. The van der Waals surface area contributed by atoms with Crippen LogP contribution in [0.2, 0.25) is 0 Å². The number of likely N-dealkylation sites (tertiary alicyclic amines) is 1. The molecule has 0 saturated carbocycles. The van der Waals surface area contributed by atoms with Crippen LogP contribution in [0, 0.1) is 6.92 Å². The van der Waals surface area contributed by atoms with E-state index < -0.39 is 23.7 Å². The van der Waals surface area contributed by atoms with Crippen LogP contribution in [-0.4, -0.2) is 48.5 Å². The van der Waals surface area contributed by atoms with Crippen LogP contribution >= 0.6 is 0 Å². The number of hydrogen-bond donors (Lipinski definition) is 1. The first kappa shape index (κ1) is 26.5. The van der Waals surface area contributed by atoms with Gasteiger partial charge in [-0.3, -0.25) is 9.59 Å². The number of ketones is 1. The zero-order valence-corrected chi connectivity index (χ0v) is 21.7. The maximum Gasteiger partial charge on any atom is 0.338 e. The van der Waals surface area contributed by atoms with E-state index in [1.807, 2.05) is 31.2 Å². The second-order valence-corrected chi connectivity index (χ2v) is 8.82. The van der Waals surface area contributed by atoms with Crippen molar-refractivity contribution in [3.63, 3.8) is 0 Å². The van der Waals surface area contributed by atoms with Crippen molar-refractivity contribution in [1.82, 2.24) is 4.90 Å². The van der Waals surface area contributed by atoms with E-state index in [-0.39, 0.29) is 30.0 Å². The number of carbonyl (C=O) groups excluding carboxylic acids is 3. The van der Waals surface area contributed by atoms with Gasteiger partial charge in [0.05, 0.1) is 43.6 Å². The summed E-state index contributed by atoms with van der Waals surface area (Å²) in [4.78, 5) is 40.2. The van der Waals surface area contributed by atoms with Gasteiger partial charge in [-0.05, 0) is 49.2 Å². The molecule has 1 unspecified atom stereocenters. The molecule has 1 atom stereocenters. The number of nitrogens with zero attached hydrogens (tertiary/aromatic N) is 1. The maximum atomic E-state index is 13.4. The highest BCUT2D eigenvalue weighted by Gasteiger charge is 2.46. The Balaban J connectivity index is 1.81. The summed E-state index contributed by atoms with van der Waals surface area (Å²) in [5, 5.41) is 11.4. The zero-order valence-electron chi connectivity index (χ0n) is 21.7. The van der Waals surface area contributed by atoms with E-state index in [0.717, 1.165) is 5.56 Å². The average Bonchev–Trinajstić information content (AvgIpc) is 3.17. The van der Waals surface area contributed by atoms with Gasteiger partial charge < -0.3 is 24.2 Å². The Morgan fingerprint density at radius 1 is 0.974 bits per heavy atom. The molecule has 38 heavy (non-hydrogen) atoms. The van der Waals surface area contributed by atoms with E-state index in [1.165, 1.54) is 19.1 Å². The van der Waals surface area contributed by atoms with Gasteiger partial charge in [-0.1, -0.05) is 42.0 Å². The molecule has 1 aliphatic heterocycles. The lowest BCUT2D eigenvalue weighted by Crippen LogP contribution is -2.29. The number of aryl methyl sites for hydroxylation is 1. The quantitative estimate of drug-likeness (QED) is 0.199. The number of carbonyl (C=O) groups is 3. The first-order valence-corrected chi connectivity index (χ1v) is 12.1. The molecule has 0 aromatic heterocycles. The smallest absolute Gasteiger partial charge is 0.338 e. The fourth-order valence-corrected chi connectivity index (χ4v) is 4.53. The largest absolute Gasteiger partial charge is 0.507 e. The molecule has 3 aromatic carbocycles. The van der Waals surface area contributed by atoms with Crippen molar-refractivity contribution in [3.8, 4) is 11.5 Å². The van der Waals surface area contributed by atoms with E-state index in [2.05, 4.69) is 0 Å².